The van der Waals surface area contributed by atoms with E-state index in [1.807, 2.05) is 30.5 Å². The maximum absolute atomic E-state index is 4.59. The van der Waals surface area contributed by atoms with Crippen LogP contribution in [0.15, 0.2) is 115 Å². The summed E-state index contributed by atoms with van der Waals surface area (Å²) in [6, 6.07) is 37.8. The molecule has 138 valence electrons. The molecule has 0 fully saturated rings. The molecule has 0 saturated heterocycles. The highest BCUT2D eigenvalue weighted by molar-refractivity contribution is 5.97. The molecular formula is C27H20N2. The zero-order valence-electron chi connectivity index (χ0n) is 15.9. The molecular weight excluding hydrogens is 352 g/mol. The van der Waals surface area contributed by atoms with Gasteiger partial charge in [0.1, 0.15) is 5.82 Å². The van der Waals surface area contributed by atoms with Gasteiger partial charge in [-0.3, -0.25) is 0 Å². The fourth-order valence-electron chi connectivity index (χ4n) is 3.66. The third kappa shape index (κ3) is 3.61. The molecule has 1 heterocycles. The Balaban J connectivity index is 1.43. The molecule has 0 unspecified atom stereocenters. The first-order chi connectivity index (χ1) is 14.4. The molecule has 1 N–H and O–H groups in total. The second-order valence-electron chi connectivity index (χ2n) is 7.03. The summed E-state index contributed by atoms with van der Waals surface area (Å²) in [5, 5.41) is 5.94. The minimum absolute atomic E-state index is 0.833. The van der Waals surface area contributed by atoms with E-state index in [-0.39, 0.29) is 0 Å². The van der Waals surface area contributed by atoms with Crippen molar-refractivity contribution in [3.05, 3.63) is 115 Å². The number of aromatic nitrogens is 1. The van der Waals surface area contributed by atoms with E-state index in [2.05, 4.69) is 95.2 Å². The number of rotatable bonds is 4. The molecule has 0 aliphatic carbocycles. The average molecular weight is 372 g/mol. The minimum Gasteiger partial charge on any atom is -0.340 e. The van der Waals surface area contributed by atoms with E-state index in [4.69, 9.17) is 0 Å². The Kier molecular flexibility index (Phi) is 4.51. The van der Waals surface area contributed by atoms with Crippen LogP contribution in [-0.2, 0) is 0 Å². The normalized spacial score (nSPS) is 10.8. The van der Waals surface area contributed by atoms with Gasteiger partial charge in [0.25, 0.3) is 0 Å². The van der Waals surface area contributed by atoms with E-state index in [0.717, 1.165) is 17.1 Å². The zero-order valence-corrected chi connectivity index (χ0v) is 15.9. The van der Waals surface area contributed by atoms with Crippen LogP contribution in [0.5, 0.6) is 0 Å². The summed E-state index contributed by atoms with van der Waals surface area (Å²) in [6.07, 6.45) is 1.91. The maximum atomic E-state index is 4.59. The second-order valence-corrected chi connectivity index (χ2v) is 7.03. The number of hydrogen-bond acceptors (Lipinski definition) is 2. The Morgan fingerprint density at radius 1 is 0.552 bits per heavy atom. The molecule has 0 aliphatic rings. The lowest BCUT2D eigenvalue weighted by Gasteiger charge is -2.11. The number of hydrogen-bond donors (Lipinski definition) is 1. The molecule has 1 aromatic heterocycles. The Bertz CT molecular complexity index is 1250. The molecule has 0 radical (unpaired) electrons. The number of benzene rings is 4. The van der Waals surface area contributed by atoms with Crippen molar-refractivity contribution in [3.8, 4) is 22.3 Å². The van der Waals surface area contributed by atoms with Crippen LogP contribution in [0.1, 0.15) is 0 Å². The molecule has 2 nitrogen and oxygen atoms in total. The molecule has 29 heavy (non-hydrogen) atoms. The van der Waals surface area contributed by atoms with Gasteiger partial charge in [0, 0.05) is 17.4 Å². The van der Waals surface area contributed by atoms with Crippen LogP contribution in [0.2, 0.25) is 0 Å². The van der Waals surface area contributed by atoms with Crippen LogP contribution in [0.3, 0.4) is 0 Å². The van der Waals surface area contributed by atoms with Crippen molar-refractivity contribution < 1.29 is 0 Å². The highest BCUT2D eigenvalue weighted by atomic mass is 15.0. The summed E-state index contributed by atoms with van der Waals surface area (Å²) in [6.45, 7) is 0. The van der Waals surface area contributed by atoms with Crippen molar-refractivity contribution in [1.29, 1.82) is 0 Å². The van der Waals surface area contributed by atoms with Crippen LogP contribution in [0.4, 0.5) is 11.5 Å². The van der Waals surface area contributed by atoms with E-state index in [1.54, 1.807) is 0 Å². The van der Waals surface area contributed by atoms with Crippen molar-refractivity contribution in [2.45, 2.75) is 0 Å². The van der Waals surface area contributed by atoms with Crippen molar-refractivity contribution in [1.82, 2.24) is 4.98 Å². The monoisotopic (exact) mass is 372 g/mol. The van der Waals surface area contributed by atoms with Gasteiger partial charge in [0.2, 0.25) is 0 Å². The van der Waals surface area contributed by atoms with Gasteiger partial charge >= 0.3 is 0 Å². The van der Waals surface area contributed by atoms with Gasteiger partial charge in [0.05, 0.1) is 0 Å². The quantitative estimate of drug-likeness (QED) is 0.358. The first-order valence-corrected chi connectivity index (χ1v) is 9.73. The van der Waals surface area contributed by atoms with E-state index >= 15 is 0 Å². The highest BCUT2D eigenvalue weighted by Crippen LogP contribution is 2.30. The number of anilines is 2. The summed E-state index contributed by atoms with van der Waals surface area (Å²) in [4.78, 5) is 4.59. The van der Waals surface area contributed by atoms with Crippen LogP contribution < -0.4 is 5.32 Å². The SMILES string of the molecule is c1ccc(-c2ccc(Nc3cccc(-c4cccc5ccccc45)c3)nc2)cc1. The van der Waals surface area contributed by atoms with E-state index in [9.17, 15) is 0 Å². The van der Waals surface area contributed by atoms with Gasteiger partial charge < -0.3 is 5.32 Å². The molecule has 0 saturated carbocycles. The van der Waals surface area contributed by atoms with Gasteiger partial charge in [-0.2, -0.15) is 0 Å². The van der Waals surface area contributed by atoms with Gasteiger partial charge in [0.15, 0.2) is 0 Å². The predicted octanol–water partition coefficient (Wildman–Crippen LogP) is 7.31. The van der Waals surface area contributed by atoms with Crippen molar-refractivity contribution in [2.75, 3.05) is 5.32 Å². The van der Waals surface area contributed by atoms with Crippen LogP contribution in [-0.4, -0.2) is 4.98 Å². The largest absolute Gasteiger partial charge is 0.340 e. The van der Waals surface area contributed by atoms with E-state index < -0.39 is 0 Å². The maximum Gasteiger partial charge on any atom is 0.130 e. The molecule has 0 bridgehead atoms. The topological polar surface area (TPSA) is 24.9 Å². The van der Waals surface area contributed by atoms with Crippen molar-refractivity contribution in [3.63, 3.8) is 0 Å². The van der Waals surface area contributed by atoms with Gasteiger partial charge in [-0.05, 0) is 51.7 Å². The molecule has 5 rings (SSSR count). The molecule has 0 amide bonds. The van der Waals surface area contributed by atoms with Crippen molar-refractivity contribution >= 4 is 22.3 Å². The molecule has 0 spiro atoms. The van der Waals surface area contributed by atoms with Crippen molar-refractivity contribution in [2.24, 2.45) is 0 Å². The Morgan fingerprint density at radius 2 is 1.31 bits per heavy atom. The lowest BCUT2D eigenvalue weighted by molar-refractivity contribution is 1.31. The second kappa shape index (κ2) is 7.61. The summed E-state index contributed by atoms with van der Waals surface area (Å²) < 4.78 is 0. The highest BCUT2D eigenvalue weighted by Gasteiger charge is 2.05. The fourth-order valence-corrected chi connectivity index (χ4v) is 3.66. The number of pyridine rings is 1. The summed E-state index contributed by atoms with van der Waals surface area (Å²) in [7, 11) is 0. The first-order valence-electron chi connectivity index (χ1n) is 9.73. The molecule has 0 aliphatic heterocycles. The smallest absolute Gasteiger partial charge is 0.130 e. The third-order valence-electron chi connectivity index (χ3n) is 5.11. The molecule has 2 heteroatoms. The number of fused-ring (bicyclic) bond motifs is 1. The predicted molar refractivity (Wildman–Crippen MR) is 122 cm³/mol. The number of nitrogens with one attached hydrogen (secondary N) is 1. The first kappa shape index (κ1) is 17.2. The van der Waals surface area contributed by atoms with Gasteiger partial charge in [-0.15, -0.1) is 0 Å². The fraction of sp³-hybridized carbons (Fsp3) is 0. The van der Waals surface area contributed by atoms with Crippen LogP contribution in [0, 0.1) is 0 Å². The molecule has 5 aromatic rings. The lowest BCUT2D eigenvalue weighted by atomic mass is 9.98. The Hall–Kier alpha value is -3.91. The van der Waals surface area contributed by atoms with Crippen LogP contribution >= 0.6 is 0 Å². The summed E-state index contributed by atoms with van der Waals surface area (Å²) >= 11 is 0. The Morgan fingerprint density at radius 3 is 2.17 bits per heavy atom. The average Bonchev–Trinajstić information content (AvgIpc) is 2.80. The molecule has 4 aromatic carbocycles. The number of nitrogens with zero attached hydrogens (tertiary/aromatic N) is 1. The summed E-state index contributed by atoms with van der Waals surface area (Å²) in [5.41, 5.74) is 5.73. The van der Waals surface area contributed by atoms with Crippen LogP contribution in [0.25, 0.3) is 33.0 Å². The standard InChI is InChI=1S/C27H20N2/c1-2-8-20(9-3-1)23-16-17-27(28-19-23)29-24-13-6-12-22(18-24)26-15-7-11-21-10-4-5-14-25(21)26/h1-19H,(H,28,29). The van der Waals surface area contributed by atoms with E-state index in [0.29, 0.717) is 0 Å². The Labute approximate surface area is 170 Å². The zero-order chi connectivity index (χ0) is 19.5. The lowest BCUT2D eigenvalue weighted by Crippen LogP contribution is -1.94. The minimum atomic E-state index is 0.833. The molecule has 0 atom stereocenters. The van der Waals surface area contributed by atoms with E-state index in [1.165, 1.54) is 27.5 Å². The van der Waals surface area contributed by atoms with Gasteiger partial charge in [-0.25, -0.2) is 4.98 Å². The third-order valence-corrected chi connectivity index (χ3v) is 5.11. The van der Waals surface area contributed by atoms with Gasteiger partial charge in [-0.1, -0.05) is 84.9 Å². The summed E-state index contributed by atoms with van der Waals surface area (Å²) in [5.74, 6) is 0.833.